The summed E-state index contributed by atoms with van der Waals surface area (Å²) in [4.78, 5) is 36.8. The predicted molar refractivity (Wildman–Crippen MR) is 126 cm³/mol. The zero-order chi connectivity index (χ0) is 23.8. The van der Waals surface area contributed by atoms with E-state index in [0.29, 0.717) is 38.3 Å². The second kappa shape index (κ2) is 11.5. The van der Waals surface area contributed by atoms with Crippen LogP contribution in [0.25, 0.3) is 0 Å². The summed E-state index contributed by atoms with van der Waals surface area (Å²) in [6.45, 7) is 2.40. The molecule has 178 valence electrons. The van der Waals surface area contributed by atoms with Gasteiger partial charge >= 0.3 is 6.03 Å². The normalized spacial score (nSPS) is 16.6. The number of benzene rings is 1. The Bertz CT molecular complexity index is 1020. The van der Waals surface area contributed by atoms with Crippen molar-refractivity contribution in [1.29, 1.82) is 5.26 Å². The van der Waals surface area contributed by atoms with Crippen molar-refractivity contribution < 1.29 is 14.3 Å². The van der Waals surface area contributed by atoms with Crippen LogP contribution in [0.1, 0.15) is 54.6 Å². The molecule has 3 amide bonds. The Hall–Kier alpha value is -3.67. The molecule has 1 aliphatic carbocycles. The summed E-state index contributed by atoms with van der Waals surface area (Å²) < 4.78 is 5.95. The highest BCUT2D eigenvalue weighted by atomic mass is 16.5. The summed E-state index contributed by atoms with van der Waals surface area (Å²) in [5.41, 5.74) is 0.782. The summed E-state index contributed by atoms with van der Waals surface area (Å²) in [5, 5.41) is 11.5. The molecule has 2 aliphatic rings. The molecule has 0 atom stereocenters. The number of nitrogens with one attached hydrogen (secondary N) is 1. The standard InChI is InChI=1S/C25H30N6O3/c26-16-21-17-28-23(18-27-21)29-25(33)31-12-10-30(11-13-31)24(32)20-7-4-8-22(15-20)34-14-9-19-5-2-1-3-6-19/h4,7-8,15,17-19H,1-3,5-6,9-14H2,(H,28,29,33). The van der Waals surface area contributed by atoms with Gasteiger partial charge in [-0.05, 0) is 30.5 Å². The fourth-order valence-corrected chi connectivity index (χ4v) is 4.47. The molecule has 1 aromatic heterocycles. The van der Waals surface area contributed by atoms with E-state index in [1.54, 1.807) is 15.9 Å². The number of nitriles is 1. The number of piperazine rings is 1. The number of rotatable bonds is 6. The van der Waals surface area contributed by atoms with Gasteiger partial charge in [0.25, 0.3) is 5.91 Å². The molecule has 2 heterocycles. The highest BCUT2D eigenvalue weighted by Crippen LogP contribution is 2.26. The molecular formula is C25H30N6O3. The Balaban J connectivity index is 1.24. The zero-order valence-electron chi connectivity index (χ0n) is 19.3. The Kier molecular flexibility index (Phi) is 7.91. The number of nitrogens with zero attached hydrogens (tertiary/aromatic N) is 5. The van der Waals surface area contributed by atoms with Crippen molar-refractivity contribution in [3.63, 3.8) is 0 Å². The first-order valence-electron chi connectivity index (χ1n) is 11.9. The fraction of sp³-hybridized carbons (Fsp3) is 0.480. The number of urea groups is 1. The number of carbonyl (C=O) groups is 2. The van der Waals surface area contributed by atoms with Gasteiger partial charge in [0.1, 0.15) is 11.8 Å². The third-order valence-corrected chi connectivity index (χ3v) is 6.46. The molecule has 4 rings (SSSR count). The van der Waals surface area contributed by atoms with E-state index >= 15 is 0 Å². The molecule has 2 aromatic rings. The number of hydrogen-bond acceptors (Lipinski definition) is 6. The smallest absolute Gasteiger partial charge is 0.323 e. The molecule has 0 unspecified atom stereocenters. The molecule has 9 heteroatoms. The maximum absolute atomic E-state index is 13.0. The van der Waals surface area contributed by atoms with E-state index in [0.717, 1.165) is 18.1 Å². The van der Waals surface area contributed by atoms with E-state index in [1.807, 2.05) is 24.3 Å². The van der Waals surface area contributed by atoms with Crippen LogP contribution >= 0.6 is 0 Å². The molecule has 0 radical (unpaired) electrons. The first-order valence-corrected chi connectivity index (χ1v) is 11.9. The van der Waals surface area contributed by atoms with Crippen LogP contribution in [-0.2, 0) is 0 Å². The second-order valence-electron chi connectivity index (χ2n) is 8.78. The maximum atomic E-state index is 13.0. The molecule has 1 aromatic carbocycles. The number of carbonyl (C=O) groups excluding carboxylic acids is 2. The minimum absolute atomic E-state index is 0.0595. The van der Waals surface area contributed by atoms with E-state index < -0.39 is 0 Å². The lowest BCUT2D eigenvalue weighted by atomic mass is 9.87. The number of aromatic nitrogens is 2. The third-order valence-electron chi connectivity index (χ3n) is 6.46. The van der Waals surface area contributed by atoms with E-state index in [-0.39, 0.29) is 23.5 Å². The maximum Gasteiger partial charge on any atom is 0.323 e. The summed E-state index contributed by atoms with van der Waals surface area (Å²) in [7, 11) is 0. The molecule has 2 fully saturated rings. The zero-order valence-corrected chi connectivity index (χ0v) is 19.3. The minimum Gasteiger partial charge on any atom is -0.494 e. The highest BCUT2D eigenvalue weighted by molar-refractivity contribution is 5.95. The van der Waals surface area contributed by atoms with Crippen LogP contribution < -0.4 is 10.1 Å². The molecule has 1 aliphatic heterocycles. The van der Waals surface area contributed by atoms with Crippen LogP contribution in [0.5, 0.6) is 5.75 Å². The molecular weight excluding hydrogens is 432 g/mol. The van der Waals surface area contributed by atoms with Gasteiger partial charge in [-0.15, -0.1) is 0 Å². The second-order valence-corrected chi connectivity index (χ2v) is 8.78. The summed E-state index contributed by atoms with van der Waals surface area (Å²) in [5.74, 6) is 1.71. The van der Waals surface area contributed by atoms with Gasteiger partial charge in [0.2, 0.25) is 0 Å². The van der Waals surface area contributed by atoms with Crippen molar-refractivity contribution in [3.05, 3.63) is 47.9 Å². The Labute approximate surface area is 199 Å². The highest BCUT2D eigenvalue weighted by Gasteiger charge is 2.25. The van der Waals surface area contributed by atoms with E-state index in [2.05, 4.69) is 15.3 Å². The van der Waals surface area contributed by atoms with E-state index in [1.165, 1.54) is 44.5 Å². The van der Waals surface area contributed by atoms with Crippen LogP contribution in [-0.4, -0.2) is 64.5 Å². The van der Waals surface area contributed by atoms with Gasteiger partial charge in [0, 0.05) is 31.7 Å². The van der Waals surface area contributed by atoms with Gasteiger partial charge in [-0.25, -0.2) is 14.8 Å². The lowest BCUT2D eigenvalue weighted by Crippen LogP contribution is -2.51. The number of anilines is 1. The monoisotopic (exact) mass is 462 g/mol. The molecule has 0 bridgehead atoms. The SMILES string of the molecule is N#Cc1cnc(NC(=O)N2CCN(C(=O)c3cccc(OCCC4CCCCC4)c3)CC2)cn1. The van der Waals surface area contributed by atoms with E-state index in [9.17, 15) is 9.59 Å². The molecule has 1 saturated heterocycles. The van der Waals surface area contributed by atoms with Crippen LogP contribution in [0.15, 0.2) is 36.7 Å². The third kappa shape index (κ3) is 6.22. The summed E-state index contributed by atoms with van der Waals surface area (Å²) >= 11 is 0. The lowest BCUT2D eigenvalue weighted by molar-refractivity contribution is 0.0671. The fourth-order valence-electron chi connectivity index (χ4n) is 4.47. The Morgan fingerprint density at radius 1 is 1.06 bits per heavy atom. The first-order chi connectivity index (χ1) is 16.6. The topological polar surface area (TPSA) is 111 Å². The quantitative estimate of drug-likeness (QED) is 0.701. The average molecular weight is 463 g/mol. The number of amides is 3. The molecule has 0 spiro atoms. The number of hydrogen-bond donors (Lipinski definition) is 1. The van der Waals surface area contributed by atoms with Crippen LogP contribution in [0.3, 0.4) is 0 Å². The van der Waals surface area contributed by atoms with Gasteiger partial charge in [0.05, 0.1) is 19.0 Å². The molecule has 1 N–H and O–H groups in total. The van der Waals surface area contributed by atoms with Crippen molar-refractivity contribution >= 4 is 17.8 Å². The lowest BCUT2D eigenvalue weighted by Gasteiger charge is -2.34. The molecule has 9 nitrogen and oxygen atoms in total. The largest absolute Gasteiger partial charge is 0.494 e. The van der Waals surface area contributed by atoms with Crippen LogP contribution in [0.4, 0.5) is 10.6 Å². The van der Waals surface area contributed by atoms with Crippen LogP contribution in [0, 0.1) is 17.2 Å². The Morgan fingerprint density at radius 2 is 1.82 bits per heavy atom. The Morgan fingerprint density at radius 3 is 2.53 bits per heavy atom. The van der Waals surface area contributed by atoms with Gasteiger partial charge in [0.15, 0.2) is 11.5 Å². The predicted octanol–water partition coefficient (Wildman–Crippen LogP) is 3.69. The van der Waals surface area contributed by atoms with E-state index in [4.69, 9.17) is 10.00 Å². The molecule has 34 heavy (non-hydrogen) atoms. The first kappa shape index (κ1) is 23.5. The van der Waals surface area contributed by atoms with Crippen molar-refractivity contribution in [1.82, 2.24) is 19.8 Å². The van der Waals surface area contributed by atoms with Crippen molar-refractivity contribution in [2.45, 2.75) is 38.5 Å². The minimum atomic E-state index is -0.306. The van der Waals surface area contributed by atoms with Crippen LogP contribution in [0.2, 0.25) is 0 Å². The van der Waals surface area contributed by atoms with Crippen molar-refractivity contribution in [3.8, 4) is 11.8 Å². The van der Waals surface area contributed by atoms with Crippen molar-refractivity contribution in [2.75, 3.05) is 38.1 Å². The summed E-state index contributed by atoms with van der Waals surface area (Å²) in [6, 6.07) is 8.94. The summed E-state index contributed by atoms with van der Waals surface area (Å²) in [6.07, 6.45) is 10.3. The van der Waals surface area contributed by atoms with Gasteiger partial charge < -0.3 is 14.5 Å². The van der Waals surface area contributed by atoms with Gasteiger partial charge in [-0.1, -0.05) is 38.2 Å². The molecule has 1 saturated carbocycles. The average Bonchev–Trinajstić information content (AvgIpc) is 2.89. The van der Waals surface area contributed by atoms with Gasteiger partial charge in [-0.2, -0.15) is 5.26 Å². The van der Waals surface area contributed by atoms with Crippen molar-refractivity contribution in [2.24, 2.45) is 5.92 Å². The van der Waals surface area contributed by atoms with Gasteiger partial charge in [-0.3, -0.25) is 10.1 Å². The number of ether oxygens (including phenoxy) is 1.